The minimum Gasteiger partial charge on any atom is -0.482 e. The highest BCUT2D eigenvalue weighted by atomic mass is 35.5. The van der Waals surface area contributed by atoms with Crippen LogP contribution in [-0.4, -0.2) is 24.3 Å². The molecule has 0 unspecified atom stereocenters. The Morgan fingerprint density at radius 1 is 0.964 bits per heavy atom. The van der Waals surface area contributed by atoms with E-state index in [2.05, 4.69) is 22.7 Å². The summed E-state index contributed by atoms with van der Waals surface area (Å²) < 4.78 is 5.29. The summed E-state index contributed by atoms with van der Waals surface area (Å²) in [5, 5.41) is 3.05. The molecule has 0 aliphatic rings. The number of hydrazine groups is 1. The van der Waals surface area contributed by atoms with E-state index in [0.29, 0.717) is 10.8 Å². The van der Waals surface area contributed by atoms with Crippen molar-refractivity contribution in [2.75, 3.05) is 6.61 Å². The van der Waals surface area contributed by atoms with Crippen LogP contribution >= 0.6 is 11.6 Å². The van der Waals surface area contributed by atoms with Gasteiger partial charge in [0.1, 0.15) is 5.75 Å². The second kappa shape index (κ2) is 10.7. The molecule has 146 valence electrons. The van der Waals surface area contributed by atoms with Gasteiger partial charge in [0.25, 0.3) is 5.91 Å². The molecule has 7 nitrogen and oxygen atoms in total. The van der Waals surface area contributed by atoms with E-state index >= 15 is 0 Å². The Morgan fingerprint density at radius 2 is 1.61 bits per heavy atom. The van der Waals surface area contributed by atoms with Crippen LogP contribution in [0.2, 0.25) is 5.02 Å². The molecule has 0 aliphatic carbocycles. The van der Waals surface area contributed by atoms with Gasteiger partial charge in [-0.1, -0.05) is 54.6 Å². The predicted molar refractivity (Wildman–Crippen MR) is 105 cm³/mol. The zero-order valence-electron chi connectivity index (χ0n) is 15.0. The molecule has 0 fully saturated rings. The summed E-state index contributed by atoms with van der Waals surface area (Å²) in [6, 6.07) is 13.9. The Balaban J connectivity index is 1.80. The third-order valence-electron chi connectivity index (χ3n) is 3.64. The number of carbonyl (C=O) groups is 3. The number of carbonyl (C=O) groups excluding carboxylic acids is 3. The molecule has 28 heavy (non-hydrogen) atoms. The van der Waals surface area contributed by atoms with Gasteiger partial charge in [-0.25, -0.2) is 0 Å². The van der Waals surface area contributed by atoms with Crippen molar-refractivity contribution >= 4 is 29.3 Å². The number of benzene rings is 2. The second-order valence-electron chi connectivity index (χ2n) is 5.68. The monoisotopic (exact) mass is 401 g/mol. The molecule has 0 saturated carbocycles. The lowest BCUT2D eigenvalue weighted by molar-refractivity contribution is -0.129. The molecule has 2 aromatic rings. The molecular weight excluding hydrogens is 382 g/mol. The van der Waals surface area contributed by atoms with E-state index in [4.69, 9.17) is 16.3 Å². The lowest BCUT2D eigenvalue weighted by atomic mass is 10.0. The quantitative estimate of drug-likeness (QED) is 0.465. The van der Waals surface area contributed by atoms with Gasteiger partial charge in [-0.2, -0.15) is 0 Å². The molecular formula is C20H20ClN3O4. The van der Waals surface area contributed by atoms with Gasteiger partial charge in [-0.15, -0.1) is 0 Å². The van der Waals surface area contributed by atoms with E-state index in [1.807, 2.05) is 12.1 Å². The Labute approximate surface area is 167 Å². The molecule has 0 bridgehead atoms. The van der Waals surface area contributed by atoms with E-state index < -0.39 is 11.8 Å². The van der Waals surface area contributed by atoms with Crippen molar-refractivity contribution in [2.45, 2.75) is 13.0 Å². The fourth-order valence-corrected chi connectivity index (χ4v) is 2.44. The lowest BCUT2D eigenvalue weighted by Crippen LogP contribution is -2.44. The maximum absolute atomic E-state index is 12.1. The summed E-state index contributed by atoms with van der Waals surface area (Å²) in [6.45, 7) is 3.36. The second-order valence-corrected chi connectivity index (χ2v) is 6.09. The third kappa shape index (κ3) is 6.77. The summed E-state index contributed by atoms with van der Waals surface area (Å²) in [4.78, 5) is 35.2. The molecule has 2 rings (SSSR count). The third-order valence-corrected chi connectivity index (χ3v) is 3.96. The molecule has 0 atom stereocenters. The molecule has 3 amide bonds. The number of halogens is 1. The van der Waals surface area contributed by atoms with Crippen molar-refractivity contribution < 1.29 is 19.1 Å². The number of hydrogen-bond acceptors (Lipinski definition) is 4. The first-order chi connectivity index (χ1) is 13.5. The molecule has 0 aliphatic heterocycles. The fraction of sp³-hybridized carbons (Fsp3) is 0.150. The van der Waals surface area contributed by atoms with Crippen molar-refractivity contribution in [3.05, 3.63) is 77.3 Å². The van der Waals surface area contributed by atoms with Crippen LogP contribution in [0.15, 0.2) is 61.2 Å². The fourth-order valence-electron chi connectivity index (χ4n) is 2.25. The van der Waals surface area contributed by atoms with Gasteiger partial charge >= 0.3 is 0 Å². The van der Waals surface area contributed by atoms with Crippen LogP contribution in [-0.2, 0) is 27.3 Å². The zero-order valence-corrected chi connectivity index (χ0v) is 15.8. The van der Waals surface area contributed by atoms with Crippen LogP contribution in [0.5, 0.6) is 5.75 Å². The SMILES string of the molecule is C=CC(=O)NCc1ccccc1CC(=O)NNC(=O)COc1ccccc1Cl. The van der Waals surface area contributed by atoms with Crippen molar-refractivity contribution in [2.24, 2.45) is 0 Å². The number of rotatable bonds is 8. The summed E-state index contributed by atoms with van der Waals surface area (Å²) in [7, 11) is 0. The first-order valence-electron chi connectivity index (χ1n) is 8.41. The smallest absolute Gasteiger partial charge is 0.276 e. The summed E-state index contributed by atoms with van der Waals surface area (Å²) >= 11 is 5.94. The molecule has 3 N–H and O–H groups in total. The van der Waals surface area contributed by atoms with Crippen LogP contribution in [0.25, 0.3) is 0 Å². The van der Waals surface area contributed by atoms with Gasteiger partial charge in [0, 0.05) is 6.54 Å². The number of hydrogen-bond donors (Lipinski definition) is 3. The highest BCUT2D eigenvalue weighted by Crippen LogP contribution is 2.22. The van der Waals surface area contributed by atoms with E-state index in [1.165, 1.54) is 6.08 Å². The van der Waals surface area contributed by atoms with E-state index in [9.17, 15) is 14.4 Å². The molecule has 0 saturated heterocycles. The van der Waals surface area contributed by atoms with Crippen LogP contribution in [0.1, 0.15) is 11.1 Å². The highest BCUT2D eigenvalue weighted by molar-refractivity contribution is 6.32. The number of nitrogens with one attached hydrogen (secondary N) is 3. The summed E-state index contributed by atoms with van der Waals surface area (Å²) in [5.41, 5.74) is 6.13. The van der Waals surface area contributed by atoms with Crippen molar-refractivity contribution in [1.82, 2.24) is 16.2 Å². The zero-order chi connectivity index (χ0) is 20.4. The maximum Gasteiger partial charge on any atom is 0.276 e. The van der Waals surface area contributed by atoms with Gasteiger partial charge in [-0.05, 0) is 29.3 Å². The highest BCUT2D eigenvalue weighted by Gasteiger charge is 2.10. The standard InChI is InChI=1S/C20H20ClN3O4/c1-2-18(25)22-12-15-8-4-3-7-14(15)11-19(26)23-24-20(27)13-28-17-10-6-5-9-16(17)21/h2-10H,1,11-13H2,(H,22,25)(H,23,26)(H,24,27). The number of amides is 3. The summed E-state index contributed by atoms with van der Waals surface area (Å²) in [6.07, 6.45) is 1.21. The van der Waals surface area contributed by atoms with Crippen molar-refractivity contribution in [3.8, 4) is 5.75 Å². The normalized spacial score (nSPS) is 9.89. The Hall–Kier alpha value is -3.32. The molecule has 0 heterocycles. The lowest BCUT2D eigenvalue weighted by Gasteiger charge is -2.12. The Bertz CT molecular complexity index is 870. The largest absolute Gasteiger partial charge is 0.482 e. The Kier molecular flexibility index (Phi) is 8.05. The average molecular weight is 402 g/mol. The van der Waals surface area contributed by atoms with Crippen molar-refractivity contribution in [1.29, 1.82) is 0 Å². The maximum atomic E-state index is 12.1. The Morgan fingerprint density at radius 3 is 2.32 bits per heavy atom. The number of para-hydroxylation sites is 1. The van der Waals surface area contributed by atoms with Crippen LogP contribution in [0.3, 0.4) is 0 Å². The molecule has 0 aromatic heterocycles. The van der Waals surface area contributed by atoms with Gasteiger partial charge in [0.2, 0.25) is 11.8 Å². The average Bonchev–Trinajstić information content (AvgIpc) is 2.70. The van der Waals surface area contributed by atoms with Gasteiger partial charge in [-0.3, -0.25) is 25.2 Å². The van der Waals surface area contributed by atoms with E-state index in [1.54, 1.807) is 36.4 Å². The van der Waals surface area contributed by atoms with Crippen LogP contribution < -0.4 is 20.9 Å². The molecule has 0 spiro atoms. The van der Waals surface area contributed by atoms with Crippen LogP contribution in [0, 0.1) is 0 Å². The van der Waals surface area contributed by atoms with Gasteiger partial charge in [0.15, 0.2) is 6.61 Å². The topological polar surface area (TPSA) is 96.5 Å². The first-order valence-corrected chi connectivity index (χ1v) is 8.79. The first kappa shape index (κ1) is 21.0. The molecule has 2 aromatic carbocycles. The van der Waals surface area contributed by atoms with Gasteiger partial charge in [0.05, 0.1) is 11.4 Å². The van der Waals surface area contributed by atoms with E-state index in [-0.39, 0.29) is 25.5 Å². The van der Waals surface area contributed by atoms with E-state index in [0.717, 1.165) is 11.1 Å². The number of ether oxygens (including phenoxy) is 1. The molecule has 8 heteroatoms. The minimum atomic E-state index is -0.528. The molecule has 0 radical (unpaired) electrons. The van der Waals surface area contributed by atoms with Crippen LogP contribution in [0.4, 0.5) is 0 Å². The van der Waals surface area contributed by atoms with Gasteiger partial charge < -0.3 is 10.1 Å². The predicted octanol–water partition coefficient (Wildman–Crippen LogP) is 1.91. The minimum absolute atomic E-state index is 0.0335. The van der Waals surface area contributed by atoms with Crippen molar-refractivity contribution in [3.63, 3.8) is 0 Å². The summed E-state index contributed by atoms with van der Waals surface area (Å²) in [5.74, 6) is -0.862.